The van der Waals surface area contributed by atoms with E-state index in [2.05, 4.69) is 10.4 Å². The average molecular weight is 365 g/mol. The van der Waals surface area contributed by atoms with Crippen molar-refractivity contribution in [3.05, 3.63) is 71.0 Å². The Balaban J connectivity index is 1.74. The van der Waals surface area contributed by atoms with Gasteiger partial charge in [0, 0.05) is 6.54 Å². The van der Waals surface area contributed by atoms with Crippen LogP contribution in [0, 0.1) is 13.8 Å². The molecule has 140 valence electrons. The average Bonchev–Trinajstić information content (AvgIpc) is 3.07. The van der Waals surface area contributed by atoms with Gasteiger partial charge in [-0.1, -0.05) is 18.2 Å². The highest BCUT2D eigenvalue weighted by molar-refractivity contribution is 5.95. The van der Waals surface area contributed by atoms with E-state index in [0.717, 1.165) is 22.5 Å². The largest absolute Gasteiger partial charge is 0.493 e. The Hall–Kier alpha value is -3.28. The van der Waals surface area contributed by atoms with Gasteiger partial charge in [0.1, 0.15) is 0 Å². The van der Waals surface area contributed by atoms with Crippen LogP contribution in [-0.4, -0.2) is 29.9 Å². The second kappa shape index (κ2) is 7.95. The van der Waals surface area contributed by atoms with Gasteiger partial charge < -0.3 is 14.8 Å². The van der Waals surface area contributed by atoms with E-state index >= 15 is 0 Å². The fraction of sp³-hybridized carbons (Fsp3) is 0.238. The van der Waals surface area contributed by atoms with Gasteiger partial charge in [0.15, 0.2) is 11.5 Å². The highest BCUT2D eigenvalue weighted by atomic mass is 16.5. The van der Waals surface area contributed by atoms with Crippen LogP contribution in [-0.2, 0) is 6.54 Å². The molecule has 0 aliphatic carbocycles. The van der Waals surface area contributed by atoms with E-state index in [1.807, 2.05) is 56.3 Å². The third-order valence-electron chi connectivity index (χ3n) is 4.40. The number of aromatic nitrogens is 2. The Kier molecular flexibility index (Phi) is 5.45. The molecule has 6 heteroatoms. The molecule has 0 aliphatic rings. The van der Waals surface area contributed by atoms with Crippen LogP contribution in [0.5, 0.6) is 11.5 Å². The summed E-state index contributed by atoms with van der Waals surface area (Å²) in [5.41, 5.74) is 4.35. The van der Waals surface area contributed by atoms with Gasteiger partial charge >= 0.3 is 0 Å². The Labute approximate surface area is 158 Å². The summed E-state index contributed by atoms with van der Waals surface area (Å²) in [5, 5.41) is 7.30. The molecule has 0 spiro atoms. The molecule has 27 heavy (non-hydrogen) atoms. The van der Waals surface area contributed by atoms with Crippen molar-refractivity contribution < 1.29 is 14.3 Å². The van der Waals surface area contributed by atoms with Gasteiger partial charge in [-0.25, -0.2) is 4.68 Å². The smallest absolute Gasteiger partial charge is 0.255 e. The lowest BCUT2D eigenvalue weighted by Gasteiger charge is -2.10. The summed E-state index contributed by atoms with van der Waals surface area (Å²) in [5.74, 6) is 1.12. The first-order valence-electron chi connectivity index (χ1n) is 8.64. The maximum Gasteiger partial charge on any atom is 0.255 e. The minimum atomic E-state index is -0.166. The van der Waals surface area contributed by atoms with Crippen LogP contribution < -0.4 is 14.8 Å². The number of aryl methyl sites for hydroxylation is 1. The van der Waals surface area contributed by atoms with Crippen molar-refractivity contribution in [1.82, 2.24) is 15.1 Å². The normalized spacial score (nSPS) is 10.5. The van der Waals surface area contributed by atoms with Crippen LogP contribution >= 0.6 is 0 Å². The second-order valence-corrected chi connectivity index (χ2v) is 6.27. The van der Waals surface area contributed by atoms with Crippen molar-refractivity contribution in [3.8, 4) is 17.2 Å². The maximum absolute atomic E-state index is 12.6. The molecule has 3 aromatic rings. The van der Waals surface area contributed by atoms with E-state index < -0.39 is 0 Å². The number of carbonyl (C=O) groups excluding carboxylic acids is 1. The molecule has 0 atom stereocenters. The molecule has 6 nitrogen and oxygen atoms in total. The second-order valence-electron chi connectivity index (χ2n) is 6.27. The molecule has 0 unspecified atom stereocenters. The maximum atomic E-state index is 12.6. The number of amides is 1. The molecule has 1 amide bonds. The third kappa shape index (κ3) is 3.95. The zero-order chi connectivity index (χ0) is 19.4. The Morgan fingerprint density at radius 3 is 2.56 bits per heavy atom. The van der Waals surface area contributed by atoms with Crippen LogP contribution in [0.4, 0.5) is 0 Å². The predicted octanol–water partition coefficient (Wildman–Crippen LogP) is 3.44. The summed E-state index contributed by atoms with van der Waals surface area (Å²) in [6, 6.07) is 13.6. The molecule has 0 bridgehead atoms. The minimum absolute atomic E-state index is 0.166. The lowest BCUT2D eigenvalue weighted by atomic mass is 10.2. The Bertz CT molecular complexity index is 963. The van der Waals surface area contributed by atoms with E-state index in [1.165, 1.54) is 0 Å². The summed E-state index contributed by atoms with van der Waals surface area (Å²) in [6.45, 7) is 4.30. The van der Waals surface area contributed by atoms with Crippen molar-refractivity contribution in [2.24, 2.45) is 0 Å². The lowest BCUT2D eigenvalue weighted by molar-refractivity contribution is 0.0950. The molecule has 1 heterocycles. The van der Waals surface area contributed by atoms with Crippen molar-refractivity contribution in [3.63, 3.8) is 0 Å². The van der Waals surface area contributed by atoms with Gasteiger partial charge in [-0.15, -0.1) is 0 Å². The van der Waals surface area contributed by atoms with Crippen molar-refractivity contribution >= 4 is 5.91 Å². The SMILES string of the molecule is COc1ccc(CNC(=O)c2cnn(-c3cccc(C)c3)c2C)cc1OC. The highest BCUT2D eigenvalue weighted by Crippen LogP contribution is 2.27. The first-order chi connectivity index (χ1) is 13.0. The lowest BCUT2D eigenvalue weighted by Crippen LogP contribution is -2.23. The summed E-state index contributed by atoms with van der Waals surface area (Å²) >= 11 is 0. The number of nitrogens with one attached hydrogen (secondary N) is 1. The predicted molar refractivity (Wildman–Crippen MR) is 104 cm³/mol. The van der Waals surface area contributed by atoms with Crippen molar-refractivity contribution in [2.45, 2.75) is 20.4 Å². The summed E-state index contributed by atoms with van der Waals surface area (Å²) in [7, 11) is 3.18. The molecule has 0 saturated carbocycles. The van der Waals surface area contributed by atoms with Crippen LogP contribution in [0.2, 0.25) is 0 Å². The monoisotopic (exact) mass is 365 g/mol. The number of benzene rings is 2. The minimum Gasteiger partial charge on any atom is -0.493 e. The molecular formula is C21H23N3O3. The zero-order valence-corrected chi connectivity index (χ0v) is 15.9. The first-order valence-corrected chi connectivity index (χ1v) is 8.64. The van der Waals surface area contributed by atoms with E-state index in [4.69, 9.17) is 9.47 Å². The molecule has 1 N–H and O–H groups in total. The molecular weight excluding hydrogens is 342 g/mol. The zero-order valence-electron chi connectivity index (χ0n) is 15.9. The molecule has 0 saturated heterocycles. The van der Waals surface area contributed by atoms with Gasteiger partial charge in [-0.3, -0.25) is 4.79 Å². The molecule has 3 rings (SSSR count). The molecule has 0 aliphatic heterocycles. The quantitative estimate of drug-likeness (QED) is 0.727. The van der Waals surface area contributed by atoms with Gasteiger partial charge in [-0.2, -0.15) is 5.10 Å². The molecule has 0 radical (unpaired) electrons. The topological polar surface area (TPSA) is 65.4 Å². The molecule has 2 aromatic carbocycles. The van der Waals surface area contributed by atoms with E-state index in [0.29, 0.717) is 23.6 Å². The van der Waals surface area contributed by atoms with Gasteiger partial charge in [0.2, 0.25) is 0 Å². The van der Waals surface area contributed by atoms with E-state index in [1.54, 1.807) is 25.1 Å². The fourth-order valence-corrected chi connectivity index (χ4v) is 2.92. The molecule has 1 aromatic heterocycles. The number of ether oxygens (including phenoxy) is 2. The van der Waals surface area contributed by atoms with Crippen molar-refractivity contribution in [2.75, 3.05) is 14.2 Å². The number of rotatable bonds is 6. The van der Waals surface area contributed by atoms with Crippen molar-refractivity contribution in [1.29, 1.82) is 0 Å². The van der Waals surface area contributed by atoms with E-state index in [-0.39, 0.29) is 5.91 Å². The number of hydrogen-bond donors (Lipinski definition) is 1. The molecule has 0 fully saturated rings. The van der Waals surface area contributed by atoms with Gasteiger partial charge in [-0.05, 0) is 49.2 Å². The van der Waals surface area contributed by atoms with Gasteiger partial charge in [0.05, 0.1) is 37.4 Å². The summed E-state index contributed by atoms with van der Waals surface area (Å²) in [4.78, 5) is 12.6. The van der Waals surface area contributed by atoms with Gasteiger partial charge in [0.25, 0.3) is 5.91 Å². The van der Waals surface area contributed by atoms with Crippen LogP contribution in [0.3, 0.4) is 0 Å². The number of methoxy groups -OCH3 is 2. The third-order valence-corrected chi connectivity index (χ3v) is 4.40. The number of hydrogen-bond acceptors (Lipinski definition) is 4. The van der Waals surface area contributed by atoms with Crippen LogP contribution in [0.25, 0.3) is 5.69 Å². The van der Waals surface area contributed by atoms with Crippen LogP contribution in [0.1, 0.15) is 27.2 Å². The highest BCUT2D eigenvalue weighted by Gasteiger charge is 2.15. The standard InChI is InChI=1S/C21H23N3O3/c1-14-6-5-7-17(10-14)24-15(2)18(13-23-24)21(25)22-12-16-8-9-19(26-3)20(11-16)27-4/h5-11,13H,12H2,1-4H3,(H,22,25). The Morgan fingerprint density at radius 1 is 1.07 bits per heavy atom. The fourth-order valence-electron chi connectivity index (χ4n) is 2.92. The Morgan fingerprint density at radius 2 is 1.85 bits per heavy atom. The first kappa shape index (κ1) is 18.5. The number of nitrogens with zero attached hydrogens (tertiary/aromatic N) is 2. The summed E-state index contributed by atoms with van der Waals surface area (Å²) in [6.07, 6.45) is 1.60. The van der Waals surface area contributed by atoms with Crippen LogP contribution in [0.15, 0.2) is 48.7 Å². The van der Waals surface area contributed by atoms with E-state index in [9.17, 15) is 4.79 Å². The number of carbonyl (C=O) groups is 1. The summed E-state index contributed by atoms with van der Waals surface area (Å²) < 4.78 is 12.3.